The highest BCUT2D eigenvalue weighted by atomic mass is 19.1. The van der Waals surface area contributed by atoms with Gasteiger partial charge in [0.2, 0.25) is 5.96 Å². The third kappa shape index (κ3) is 3.39. The van der Waals surface area contributed by atoms with Gasteiger partial charge in [0.15, 0.2) is 0 Å². The van der Waals surface area contributed by atoms with Crippen LogP contribution >= 0.6 is 0 Å². The van der Waals surface area contributed by atoms with Crippen molar-refractivity contribution in [2.24, 2.45) is 21.6 Å². The van der Waals surface area contributed by atoms with Crippen LogP contribution in [0, 0.1) is 11.7 Å². The number of nitrogens with zero attached hydrogens (tertiary/aromatic N) is 5. The Morgan fingerprint density at radius 1 is 0.900 bits per heavy atom. The van der Waals surface area contributed by atoms with Gasteiger partial charge in [-0.3, -0.25) is 0 Å². The summed E-state index contributed by atoms with van der Waals surface area (Å²) in [6.45, 7) is 3.20. The van der Waals surface area contributed by atoms with Crippen molar-refractivity contribution in [2.45, 2.75) is 6.17 Å². The molecule has 2 aromatic rings. The molecule has 2 unspecified atom stereocenters. The van der Waals surface area contributed by atoms with E-state index in [1.54, 1.807) is 24.3 Å². The smallest absolute Gasteiger partial charge is 0.224 e. The Balaban J connectivity index is 1.32. The fraction of sp³-hybridized carbons (Fsp3) is 0.273. The number of benzene rings is 2. The molecule has 3 aliphatic heterocycles. The molecule has 0 radical (unpaired) electrons. The Hall–Kier alpha value is -3.39. The van der Waals surface area contributed by atoms with Gasteiger partial charge in [0.1, 0.15) is 23.6 Å². The summed E-state index contributed by atoms with van der Waals surface area (Å²) in [5, 5.41) is 9.49. The van der Waals surface area contributed by atoms with Crippen LogP contribution < -0.4 is 15.5 Å². The number of hydrogen-bond acceptors (Lipinski definition) is 7. The quantitative estimate of drug-likeness (QED) is 0.800. The Bertz CT molecular complexity index is 1010. The highest BCUT2D eigenvalue weighted by molar-refractivity contribution is 6.11. The van der Waals surface area contributed by atoms with Crippen LogP contribution in [0.25, 0.3) is 0 Å². The molecule has 1 saturated heterocycles. The van der Waals surface area contributed by atoms with Crippen molar-refractivity contribution in [1.82, 2.24) is 4.90 Å². The van der Waals surface area contributed by atoms with Gasteiger partial charge in [-0.05, 0) is 48.5 Å². The largest absolute Gasteiger partial charge is 0.508 e. The zero-order valence-corrected chi connectivity index (χ0v) is 16.4. The topological polar surface area (TPSA) is 80.7 Å². The SMILES string of the molecule is NC1N=C(N2CCN(c3ccc(O)cc3)CC2)N=C2C1C=CN2c1ccc(F)cc1. The van der Waals surface area contributed by atoms with Crippen LogP contribution in [0.2, 0.25) is 0 Å². The average Bonchev–Trinajstić information content (AvgIpc) is 3.20. The summed E-state index contributed by atoms with van der Waals surface area (Å²) in [5.74, 6) is 1.38. The first-order valence-electron chi connectivity index (χ1n) is 10.0. The Kier molecular flexibility index (Phi) is 4.63. The molecule has 30 heavy (non-hydrogen) atoms. The standard InChI is InChI=1S/C22H23FN6O/c23-15-1-3-17(4-2-15)29-10-9-19-20(24)25-22(26-21(19)29)28-13-11-27(12-14-28)16-5-7-18(30)8-6-16/h1-10,19-20,30H,11-14,24H2. The van der Waals surface area contributed by atoms with Crippen LogP contribution in [0.3, 0.4) is 0 Å². The summed E-state index contributed by atoms with van der Waals surface area (Å²) >= 11 is 0. The van der Waals surface area contributed by atoms with Gasteiger partial charge in [0.25, 0.3) is 0 Å². The van der Waals surface area contributed by atoms with E-state index in [2.05, 4.69) is 14.8 Å². The van der Waals surface area contributed by atoms with Crippen molar-refractivity contribution in [2.75, 3.05) is 36.0 Å². The molecule has 8 heteroatoms. The molecule has 3 N–H and O–H groups in total. The van der Waals surface area contributed by atoms with Crippen LogP contribution in [-0.4, -0.2) is 54.1 Å². The molecule has 3 heterocycles. The molecule has 5 rings (SSSR count). The second-order valence-corrected chi connectivity index (χ2v) is 7.59. The second-order valence-electron chi connectivity index (χ2n) is 7.59. The molecule has 0 aromatic heterocycles. The van der Waals surface area contributed by atoms with Crippen LogP contribution in [0.4, 0.5) is 15.8 Å². The normalized spacial score (nSPS) is 23.3. The number of phenols is 1. The van der Waals surface area contributed by atoms with E-state index in [9.17, 15) is 9.50 Å². The van der Waals surface area contributed by atoms with Crippen LogP contribution in [0.15, 0.2) is 70.8 Å². The summed E-state index contributed by atoms with van der Waals surface area (Å²) in [6.07, 6.45) is 3.53. The van der Waals surface area contributed by atoms with E-state index in [1.165, 1.54) is 12.1 Å². The third-order valence-electron chi connectivity index (χ3n) is 5.72. The summed E-state index contributed by atoms with van der Waals surface area (Å²) in [5.41, 5.74) is 8.28. The maximum Gasteiger partial charge on any atom is 0.224 e. The minimum absolute atomic E-state index is 0.0860. The maximum atomic E-state index is 13.3. The van der Waals surface area contributed by atoms with Crippen molar-refractivity contribution in [1.29, 1.82) is 0 Å². The van der Waals surface area contributed by atoms with Gasteiger partial charge in [0, 0.05) is 43.8 Å². The lowest BCUT2D eigenvalue weighted by atomic mass is 10.1. The molecule has 2 atom stereocenters. The van der Waals surface area contributed by atoms with E-state index in [0.717, 1.165) is 43.4 Å². The third-order valence-corrected chi connectivity index (χ3v) is 5.72. The maximum absolute atomic E-state index is 13.3. The van der Waals surface area contributed by atoms with E-state index in [0.29, 0.717) is 5.96 Å². The van der Waals surface area contributed by atoms with Gasteiger partial charge in [0.05, 0.1) is 5.92 Å². The number of hydrogen-bond donors (Lipinski definition) is 2. The van der Waals surface area contributed by atoms with Gasteiger partial charge in [-0.2, -0.15) is 4.99 Å². The van der Waals surface area contributed by atoms with Gasteiger partial charge < -0.3 is 25.5 Å². The van der Waals surface area contributed by atoms with Crippen molar-refractivity contribution < 1.29 is 9.50 Å². The van der Waals surface area contributed by atoms with Gasteiger partial charge in [-0.25, -0.2) is 9.38 Å². The highest BCUT2D eigenvalue weighted by Crippen LogP contribution is 2.29. The number of piperazine rings is 1. The van der Waals surface area contributed by atoms with Crippen molar-refractivity contribution in [3.8, 4) is 5.75 Å². The van der Waals surface area contributed by atoms with E-state index in [4.69, 9.17) is 10.7 Å². The first kappa shape index (κ1) is 18.6. The Morgan fingerprint density at radius 2 is 1.53 bits per heavy atom. The highest BCUT2D eigenvalue weighted by Gasteiger charge is 2.35. The molecule has 0 bridgehead atoms. The molecule has 0 saturated carbocycles. The number of guanidine groups is 1. The zero-order valence-electron chi connectivity index (χ0n) is 16.4. The first-order valence-corrected chi connectivity index (χ1v) is 10.0. The van der Waals surface area contributed by atoms with Crippen molar-refractivity contribution in [3.63, 3.8) is 0 Å². The number of aromatic hydroxyl groups is 1. The van der Waals surface area contributed by atoms with E-state index >= 15 is 0 Å². The number of halogens is 1. The van der Waals surface area contributed by atoms with E-state index in [-0.39, 0.29) is 17.5 Å². The fourth-order valence-corrected chi connectivity index (χ4v) is 4.04. The average molecular weight is 406 g/mol. The van der Waals surface area contributed by atoms with Crippen LogP contribution in [0.1, 0.15) is 0 Å². The van der Waals surface area contributed by atoms with Crippen molar-refractivity contribution in [3.05, 3.63) is 66.6 Å². The molecule has 3 aliphatic rings. The second kappa shape index (κ2) is 7.46. The predicted octanol–water partition coefficient (Wildman–Crippen LogP) is 2.36. The number of anilines is 2. The number of fused-ring (bicyclic) bond motifs is 1. The Morgan fingerprint density at radius 3 is 2.23 bits per heavy atom. The molecule has 7 nitrogen and oxygen atoms in total. The number of phenolic OH excluding ortho intramolecular Hbond substituents is 1. The monoisotopic (exact) mass is 406 g/mol. The van der Waals surface area contributed by atoms with E-state index in [1.807, 2.05) is 29.3 Å². The fourth-order valence-electron chi connectivity index (χ4n) is 4.04. The summed E-state index contributed by atoms with van der Waals surface area (Å²) in [4.78, 5) is 15.9. The number of aliphatic imine (C=N–C) groups is 2. The lowest BCUT2D eigenvalue weighted by Gasteiger charge is -2.38. The molecule has 2 aromatic carbocycles. The van der Waals surface area contributed by atoms with Crippen molar-refractivity contribution >= 4 is 23.2 Å². The molecular weight excluding hydrogens is 383 g/mol. The Labute approximate surface area is 174 Å². The molecule has 0 amide bonds. The van der Waals surface area contributed by atoms with Gasteiger partial charge in [-0.15, -0.1) is 0 Å². The zero-order chi connectivity index (χ0) is 20.7. The minimum atomic E-state index is -0.399. The summed E-state index contributed by atoms with van der Waals surface area (Å²) in [7, 11) is 0. The van der Waals surface area contributed by atoms with E-state index < -0.39 is 6.17 Å². The number of amidine groups is 1. The first-order chi connectivity index (χ1) is 14.6. The molecule has 1 fully saturated rings. The lowest BCUT2D eigenvalue weighted by molar-refractivity contribution is 0.376. The number of nitrogens with two attached hydrogens (primary N) is 1. The lowest BCUT2D eigenvalue weighted by Crippen LogP contribution is -2.51. The molecule has 0 aliphatic carbocycles. The van der Waals surface area contributed by atoms with Gasteiger partial charge >= 0.3 is 0 Å². The summed E-state index contributed by atoms with van der Waals surface area (Å²) < 4.78 is 13.3. The molecule has 154 valence electrons. The van der Waals surface area contributed by atoms with Gasteiger partial charge in [-0.1, -0.05) is 6.08 Å². The van der Waals surface area contributed by atoms with Crippen LogP contribution in [-0.2, 0) is 0 Å². The molecular formula is C22H23FN6O. The number of rotatable bonds is 2. The van der Waals surface area contributed by atoms with Crippen LogP contribution in [0.5, 0.6) is 5.75 Å². The minimum Gasteiger partial charge on any atom is -0.508 e. The summed E-state index contributed by atoms with van der Waals surface area (Å²) in [6, 6.07) is 13.6. The molecule has 0 spiro atoms. The predicted molar refractivity (Wildman–Crippen MR) is 116 cm³/mol.